The first-order chi connectivity index (χ1) is 10.8. The molecule has 0 bridgehead atoms. The van der Waals surface area contributed by atoms with E-state index in [-0.39, 0.29) is 11.9 Å². The lowest BCUT2D eigenvalue weighted by Crippen LogP contribution is -2.50. The van der Waals surface area contributed by atoms with Gasteiger partial charge >= 0.3 is 0 Å². The Morgan fingerprint density at radius 1 is 1.27 bits per heavy atom. The van der Waals surface area contributed by atoms with Crippen molar-refractivity contribution in [2.24, 2.45) is 0 Å². The topological polar surface area (TPSA) is 53.2 Å². The molecular formula is C16H19FN4O. The average molecular weight is 302 g/mol. The summed E-state index contributed by atoms with van der Waals surface area (Å²) in [6.45, 7) is 4.42. The Balaban J connectivity index is 1.56. The maximum atomic E-state index is 13.1. The van der Waals surface area contributed by atoms with Gasteiger partial charge in [0.15, 0.2) is 0 Å². The van der Waals surface area contributed by atoms with Crippen molar-refractivity contribution in [1.82, 2.24) is 20.4 Å². The molecular weight excluding hydrogens is 283 g/mol. The molecule has 2 aromatic rings. The number of nitrogens with zero attached hydrogens (tertiary/aromatic N) is 2. The van der Waals surface area contributed by atoms with Crippen molar-refractivity contribution in [2.75, 3.05) is 26.2 Å². The highest BCUT2D eigenvalue weighted by Crippen LogP contribution is 2.25. The summed E-state index contributed by atoms with van der Waals surface area (Å²) < 4.78 is 18.9. The highest BCUT2D eigenvalue weighted by Gasteiger charge is 2.36. The second kappa shape index (κ2) is 5.79. The van der Waals surface area contributed by atoms with Crippen LogP contribution in [-0.4, -0.2) is 53.5 Å². The lowest BCUT2D eigenvalue weighted by Gasteiger charge is -2.36. The third-order valence-electron chi connectivity index (χ3n) is 4.53. The van der Waals surface area contributed by atoms with E-state index in [1.54, 1.807) is 12.1 Å². The molecule has 3 heterocycles. The number of fused-ring (bicyclic) bond motifs is 1. The van der Waals surface area contributed by atoms with E-state index in [1.165, 1.54) is 12.1 Å². The molecule has 22 heavy (non-hydrogen) atoms. The van der Waals surface area contributed by atoms with Crippen molar-refractivity contribution in [3.05, 3.63) is 41.8 Å². The van der Waals surface area contributed by atoms with Crippen LogP contribution in [0.5, 0.6) is 0 Å². The maximum Gasteiger partial charge on any atom is 0.123 e. The van der Waals surface area contributed by atoms with Gasteiger partial charge in [-0.25, -0.2) is 4.39 Å². The molecule has 1 aromatic heterocycles. The van der Waals surface area contributed by atoms with Crippen molar-refractivity contribution in [1.29, 1.82) is 0 Å². The van der Waals surface area contributed by atoms with E-state index in [1.807, 2.05) is 6.20 Å². The minimum atomic E-state index is -0.224. The van der Waals surface area contributed by atoms with Gasteiger partial charge in [-0.15, -0.1) is 0 Å². The predicted octanol–water partition coefficient (Wildman–Crippen LogP) is 1.39. The van der Waals surface area contributed by atoms with Crippen LogP contribution in [0.1, 0.15) is 5.56 Å². The first kappa shape index (κ1) is 13.9. The molecule has 2 N–H and O–H groups in total. The van der Waals surface area contributed by atoms with E-state index in [0.717, 1.165) is 49.6 Å². The molecule has 2 aliphatic rings. The van der Waals surface area contributed by atoms with Crippen LogP contribution >= 0.6 is 0 Å². The van der Waals surface area contributed by atoms with Gasteiger partial charge in [-0.05, 0) is 24.3 Å². The molecule has 0 unspecified atom stereocenters. The number of benzene rings is 1. The predicted molar refractivity (Wildman–Crippen MR) is 80.8 cm³/mol. The number of hydrogen-bond acceptors (Lipinski definition) is 4. The van der Waals surface area contributed by atoms with Crippen molar-refractivity contribution >= 4 is 0 Å². The second-order valence-electron chi connectivity index (χ2n) is 5.88. The zero-order chi connectivity index (χ0) is 14.9. The molecule has 0 aliphatic carbocycles. The first-order valence-corrected chi connectivity index (χ1v) is 7.66. The van der Waals surface area contributed by atoms with Crippen LogP contribution < -0.4 is 5.32 Å². The molecule has 5 nitrogen and oxygen atoms in total. The number of aromatic amines is 1. The number of aromatic nitrogens is 2. The Kier molecular flexibility index (Phi) is 3.65. The van der Waals surface area contributed by atoms with Crippen LogP contribution in [-0.2, 0) is 11.3 Å². The summed E-state index contributed by atoms with van der Waals surface area (Å²) in [7, 11) is 0. The number of rotatable bonds is 3. The molecule has 1 aromatic carbocycles. The fourth-order valence-electron chi connectivity index (χ4n) is 3.37. The molecule has 2 atom stereocenters. The molecule has 0 radical (unpaired) electrons. The average Bonchev–Trinajstić information content (AvgIpc) is 3.17. The normalized spacial score (nSPS) is 25.3. The fourth-order valence-corrected chi connectivity index (χ4v) is 3.37. The largest absolute Gasteiger partial charge is 0.374 e. The lowest BCUT2D eigenvalue weighted by atomic mass is 10.1. The van der Waals surface area contributed by atoms with Crippen molar-refractivity contribution in [2.45, 2.75) is 18.7 Å². The SMILES string of the molecule is Fc1ccc(-c2[nH]ncc2CN2CCO[C@H]3CNC[C@H]32)cc1. The van der Waals surface area contributed by atoms with Gasteiger partial charge in [-0.2, -0.15) is 5.10 Å². The van der Waals surface area contributed by atoms with Crippen LogP contribution in [0.2, 0.25) is 0 Å². The third-order valence-corrected chi connectivity index (χ3v) is 4.53. The highest BCUT2D eigenvalue weighted by atomic mass is 19.1. The Labute approximate surface area is 128 Å². The fraction of sp³-hybridized carbons (Fsp3) is 0.438. The molecule has 2 saturated heterocycles. The summed E-state index contributed by atoms with van der Waals surface area (Å²) in [4.78, 5) is 2.45. The molecule has 116 valence electrons. The zero-order valence-corrected chi connectivity index (χ0v) is 12.3. The van der Waals surface area contributed by atoms with Gasteiger partial charge in [-0.1, -0.05) is 0 Å². The first-order valence-electron chi connectivity index (χ1n) is 7.66. The number of H-pyrrole nitrogens is 1. The molecule has 6 heteroatoms. The van der Waals surface area contributed by atoms with E-state index in [4.69, 9.17) is 4.74 Å². The summed E-state index contributed by atoms with van der Waals surface area (Å²) in [6.07, 6.45) is 2.15. The molecule has 2 fully saturated rings. The van der Waals surface area contributed by atoms with Crippen LogP contribution in [0.25, 0.3) is 11.3 Å². The van der Waals surface area contributed by atoms with Gasteiger partial charge in [-0.3, -0.25) is 10.00 Å². The smallest absolute Gasteiger partial charge is 0.123 e. The van der Waals surface area contributed by atoms with Crippen LogP contribution in [0.15, 0.2) is 30.5 Å². The zero-order valence-electron chi connectivity index (χ0n) is 12.3. The molecule has 0 amide bonds. The Bertz CT molecular complexity index is 642. The summed E-state index contributed by atoms with van der Waals surface area (Å²) in [5.41, 5.74) is 3.07. The minimum absolute atomic E-state index is 0.224. The van der Waals surface area contributed by atoms with Gasteiger partial charge in [0.25, 0.3) is 0 Å². The standard InChI is InChI=1S/C16H19FN4O/c17-13-3-1-11(2-4-13)16-12(7-19-20-16)10-21-5-6-22-15-9-18-8-14(15)21/h1-4,7,14-15,18H,5-6,8-10H2,(H,19,20)/t14-,15+/m1/s1. The molecule has 0 spiro atoms. The minimum Gasteiger partial charge on any atom is -0.374 e. The van der Waals surface area contributed by atoms with E-state index < -0.39 is 0 Å². The van der Waals surface area contributed by atoms with E-state index in [0.29, 0.717) is 6.04 Å². The van der Waals surface area contributed by atoms with Gasteiger partial charge in [0.1, 0.15) is 5.82 Å². The summed E-state index contributed by atoms with van der Waals surface area (Å²) in [5.74, 6) is -0.224. The van der Waals surface area contributed by atoms with E-state index in [9.17, 15) is 4.39 Å². The molecule has 2 aliphatic heterocycles. The van der Waals surface area contributed by atoms with Gasteiger partial charge in [0, 0.05) is 43.3 Å². The number of halogens is 1. The Morgan fingerprint density at radius 2 is 2.14 bits per heavy atom. The van der Waals surface area contributed by atoms with Crippen LogP contribution in [0, 0.1) is 5.82 Å². The van der Waals surface area contributed by atoms with Gasteiger partial charge < -0.3 is 10.1 Å². The molecule has 0 saturated carbocycles. The van der Waals surface area contributed by atoms with E-state index in [2.05, 4.69) is 20.4 Å². The number of hydrogen-bond donors (Lipinski definition) is 2. The maximum absolute atomic E-state index is 13.1. The van der Waals surface area contributed by atoms with Gasteiger partial charge in [0.2, 0.25) is 0 Å². The monoisotopic (exact) mass is 302 g/mol. The Hall–Kier alpha value is -1.76. The molecule has 4 rings (SSSR count). The van der Waals surface area contributed by atoms with Crippen LogP contribution in [0.4, 0.5) is 4.39 Å². The highest BCUT2D eigenvalue weighted by molar-refractivity contribution is 5.62. The van der Waals surface area contributed by atoms with E-state index >= 15 is 0 Å². The lowest BCUT2D eigenvalue weighted by molar-refractivity contribution is -0.0499. The van der Waals surface area contributed by atoms with Crippen LogP contribution in [0.3, 0.4) is 0 Å². The third kappa shape index (κ3) is 2.54. The second-order valence-corrected chi connectivity index (χ2v) is 5.88. The Morgan fingerprint density at radius 3 is 3.00 bits per heavy atom. The van der Waals surface area contributed by atoms with Crippen molar-refractivity contribution in [3.8, 4) is 11.3 Å². The van der Waals surface area contributed by atoms with Crippen molar-refractivity contribution < 1.29 is 9.13 Å². The number of morpholine rings is 1. The van der Waals surface area contributed by atoms with Crippen molar-refractivity contribution in [3.63, 3.8) is 0 Å². The summed E-state index contributed by atoms with van der Waals surface area (Å²) in [5, 5.41) is 10.6. The quantitative estimate of drug-likeness (QED) is 0.899. The van der Waals surface area contributed by atoms with Gasteiger partial charge in [0.05, 0.1) is 24.6 Å². The number of ether oxygens (including phenoxy) is 1. The number of nitrogens with one attached hydrogen (secondary N) is 2. The summed E-state index contributed by atoms with van der Waals surface area (Å²) in [6, 6.07) is 6.94. The summed E-state index contributed by atoms with van der Waals surface area (Å²) >= 11 is 0.